The van der Waals surface area contributed by atoms with Gasteiger partial charge in [0.25, 0.3) is 5.56 Å². The van der Waals surface area contributed by atoms with Gasteiger partial charge in [-0.05, 0) is 23.8 Å². The summed E-state index contributed by atoms with van der Waals surface area (Å²) in [6, 6.07) is 9.43. The third-order valence-corrected chi connectivity index (χ3v) is 6.03. The number of β-amino-alcohol motifs (C(OH)–C–C–N with tert-alkyl or cyclic N) is 1. The van der Waals surface area contributed by atoms with Gasteiger partial charge in [-0.3, -0.25) is 14.3 Å². The number of rotatable bonds is 5. The first-order valence-electron chi connectivity index (χ1n) is 8.83. The second-order valence-corrected chi connectivity index (χ2v) is 8.09. The molecule has 1 atom stereocenters. The first-order valence-corrected chi connectivity index (χ1v) is 10.0. The van der Waals surface area contributed by atoms with E-state index in [0.29, 0.717) is 35.0 Å². The van der Waals surface area contributed by atoms with Gasteiger partial charge >= 0.3 is 0 Å². The summed E-state index contributed by atoms with van der Waals surface area (Å²) >= 11 is 7.36. The minimum Gasteiger partial charge on any atom is -0.390 e. The first-order chi connectivity index (χ1) is 13.1. The van der Waals surface area contributed by atoms with Gasteiger partial charge in [0.2, 0.25) is 0 Å². The van der Waals surface area contributed by atoms with Gasteiger partial charge in [0, 0.05) is 29.5 Å². The normalized spacial score (nSPS) is 16.7. The maximum Gasteiger partial charge on any atom is 0.271 e. The fourth-order valence-electron chi connectivity index (χ4n) is 3.20. The molecule has 0 unspecified atom stereocenters. The number of hydrogen-bond donors (Lipinski definition) is 1. The van der Waals surface area contributed by atoms with Crippen LogP contribution in [0.2, 0.25) is 5.02 Å². The zero-order valence-electron chi connectivity index (χ0n) is 14.7. The standard InChI is InChI=1S/C19H20ClN3O3S/c20-14-3-1-13(2-4-14)17-9-16-18(27-17)19(25)23(12-21-16)11-15(24)10-22-5-7-26-8-6-22/h1-4,9,12,15,24H,5-8,10-11H2/t15-/m1/s1. The van der Waals surface area contributed by atoms with Crippen LogP contribution in [0, 0.1) is 0 Å². The summed E-state index contributed by atoms with van der Waals surface area (Å²) in [5.41, 5.74) is 1.56. The van der Waals surface area contributed by atoms with E-state index >= 15 is 0 Å². The molecule has 4 rings (SSSR count). The number of ether oxygens (including phenoxy) is 1. The highest BCUT2D eigenvalue weighted by molar-refractivity contribution is 7.22. The topological polar surface area (TPSA) is 67.6 Å². The van der Waals surface area contributed by atoms with Crippen molar-refractivity contribution in [2.45, 2.75) is 12.6 Å². The summed E-state index contributed by atoms with van der Waals surface area (Å²) in [4.78, 5) is 20.3. The van der Waals surface area contributed by atoms with Gasteiger partial charge in [-0.2, -0.15) is 0 Å². The molecule has 1 aliphatic rings. The van der Waals surface area contributed by atoms with Crippen molar-refractivity contribution < 1.29 is 9.84 Å². The Bertz CT molecular complexity index is 980. The maximum atomic E-state index is 12.8. The molecule has 0 radical (unpaired) electrons. The second kappa shape index (κ2) is 8.08. The monoisotopic (exact) mass is 405 g/mol. The lowest BCUT2D eigenvalue weighted by molar-refractivity contribution is 0.0113. The van der Waals surface area contributed by atoms with Crippen molar-refractivity contribution in [1.82, 2.24) is 14.5 Å². The van der Waals surface area contributed by atoms with Gasteiger partial charge in [0.1, 0.15) is 4.70 Å². The summed E-state index contributed by atoms with van der Waals surface area (Å²) in [6.45, 7) is 3.73. The maximum absolute atomic E-state index is 12.8. The summed E-state index contributed by atoms with van der Waals surface area (Å²) in [7, 11) is 0. The zero-order chi connectivity index (χ0) is 18.8. The van der Waals surface area contributed by atoms with Crippen molar-refractivity contribution in [2.24, 2.45) is 0 Å². The Morgan fingerprint density at radius 1 is 1.22 bits per heavy atom. The van der Waals surface area contributed by atoms with Gasteiger partial charge in [-0.15, -0.1) is 11.3 Å². The number of aliphatic hydroxyl groups excluding tert-OH is 1. The number of nitrogens with zero attached hydrogens (tertiary/aromatic N) is 3. The number of halogens is 1. The number of aromatic nitrogens is 2. The Hall–Kier alpha value is -1.77. The number of fused-ring (bicyclic) bond motifs is 1. The molecular formula is C19H20ClN3O3S. The smallest absolute Gasteiger partial charge is 0.271 e. The molecule has 142 valence electrons. The van der Waals surface area contributed by atoms with E-state index in [1.165, 1.54) is 22.2 Å². The van der Waals surface area contributed by atoms with E-state index in [1.807, 2.05) is 30.3 Å². The van der Waals surface area contributed by atoms with Crippen LogP contribution in [-0.4, -0.2) is 58.5 Å². The largest absolute Gasteiger partial charge is 0.390 e. The van der Waals surface area contributed by atoms with E-state index in [2.05, 4.69) is 9.88 Å². The van der Waals surface area contributed by atoms with Crippen molar-refractivity contribution in [3.63, 3.8) is 0 Å². The molecule has 0 bridgehead atoms. The number of hydrogen-bond acceptors (Lipinski definition) is 6. The van der Waals surface area contributed by atoms with Crippen LogP contribution in [-0.2, 0) is 11.3 Å². The van der Waals surface area contributed by atoms with Crippen LogP contribution >= 0.6 is 22.9 Å². The molecule has 0 spiro atoms. The van der Waals surface area contributed by atoms with Gasteiger partial charge in [0.05, 0.1) is 37.7 Å². The molecule has 27 heavy (non-hydrogen) atoms. The molecule has 3 heterocycles. The molecular weight excluding hydrogens is 386 g/mol. The Morgan fingerprint density at radius 2 is 1.96 bits per heavy atom. The minimum atomic E-state index is -0.629. The van der Waals surface area contributed by atoms with Crippen molar-refractivity contribution in [1.29, 1.82) is 0 Å². The lowest BCUT2D eigenvalue weighted by Crippen LogP contribution is -2.42. The van der Waals surface area contributed by atoms with Gasteiger partial charge in [-0.1, -0.05) is 23.7 Å². The van der Waals surface area contributed by atoms with Crippen molar-refractivity contribution in [3.05, 3.63) is 52.0 Å². The SMILES string of the molecule is O=c1c2sc(-c3ccc(Cl)cc3)cc2ncn1C[C@H](O)CN1CCOCC1. The Labute approximate surface area is 165 Å². The van der Waals surface area contributed by atoms with Crippen LogP contribution in [0.5, 0.6) is 0 Å². The molecule has 6 nitrogen and oxygen atoms in total. The Kier molecular flexibility index (Phi) is 5.56. The highest BCUT2D eigenvalue weighted by Gasteiger charge is 2.17. The average Bonchev–Trinajstić information content (AvgIpc) is 3.10. The van der Waals surface area contributed by atoms with Crippen LogP contribution in [0.4, 0.5) is 0 Å². The molecule has 0 aliphatic carbocycles. The minimum absolute atomic E-state index is 0.119. The van der Waals surface area contributed by atoms with Crippen LogP contribution < -0.4 is 5.56 Å². The molecule has 1 aromatic carbocycles. The quantitative estimate of drug-likeness (QED) is 0.706. The van der Waals surface area contributed by atoms with Crippen LogP contribution in [0.15, 0.2) is 41.5 Å². The summed E-state index contributed by atoms with van der Waals surface area (Å²) in [5.74, 6) is 0. The van der Waals surface area contributed by atoms with Gasteiger partial charge in [0.15, 0.2) is 0 Å². The number of aliphatic hydroxyl groups is 1. The summed E-state index contributed by atoms with van der Waals surface area (Å²) in [6.07, 6.45) is 0.890. The molecule has 1 N–H and O–H groups in total. The van der Waals surface area contributed by atoms with E-state index in [0.717, 1.165) is 23.5 Å². The predicted molar refractivity (Wildman–Crippen MR) is 108 cm³/mol. The highest BCUT2D eigenvalue weighted by atomic mass is 35.5. The molecule has 3 aromatic rings. The number of morpholine rings is 1. The summed E-state index contributed by atoms with van der Waals surface area (Å²) in [5, 5.41) is 11.1. The van der Waals surface area contributed by atoms with Gasteiger partial charge < -0.3 is 9.84 Å². The lowest BCUT2D eigenvalue weighted by Gasteiger charge is -2.28. The third-order valence-electron chi connectivity index (χ3n) is 4.61. The third kappa shape index (κ3) is 4.23. The van der Waals surface area contributed by atoms with Crippen molar-refractivity contribution in [3.8, 4) is 10.4 Å². The van der Waals surface area contributed by atoms with Crippen molar-refractivity contribution >= 4 is 33.2 Å². The second-order valence-electron chi connectivity index (χ2n) is 6.60. The Morgan fingerprint density at radius 3 is 2.70 bits per heavy atom. The van der Waals surface area contributed by atoms with E-state index in [-0.39, 0.29) is 12.1 Å². The predicted octanol–water partition coefficient (Wildman–Crippen LogP) is 2.47. The fourth-order valence-corrected chi connectivity index (χ4v) is 4.39. The van der Waals surface area contributed by atoms with E-state index in [9.17, 15) is 9.90 Å². The summed E-state index contributed by atoms with van der Waals surface area (Å²) < 4.78 is 7.41. The van der Waals surface area contributed by atoms with E-state index in [1.54, 1.807) is 0 Å². The molecule has 8 heteroatoms. The average molecular weight is 406 g/mol. The van der Waals surface area contributed by atoms with Crippen LogP contribution in [0.25, 0.3) is 20.7 Å². The molecule has 1 aliphatic heterocycles. The molecule has 0 saturated carbocycles. The van der Waals surface area contributed by atoms with Crippen molar-refractivity contribution in [2.75, 3.05) is 32.8 Å². The Balaban J connectivity index is 1.54. The zero-order valence-corrected chi connectivity index (χ0v) is 16.2. The molecule has 2 aromatic heterocycles. The molecule has 1 saturated heterocycles. The number of thiophene rings is 1. The molecule has 0 amide bonds. The fraction of sp³-hybridized carbons (Fsp3) is 0.368. The first kappa shape index (κ1) is 18.6. The highest BCUT2D eigenvalue weighted by Crippen LogP contribution is 2.31. The van der Waals surface area contributed by atoms with E-state index in [4.69, 9.17) is 16.3 Å². The molecule has 1 fully saturated rings. The number of benzene rings is 1. The van der Waals surface area contributed by atoms with E-state index < -0.39 is 6.10 Å². The lowest BCUT2D eigenvalue weighted by atomic mass is 10.2. The van der Waals surface area contributed by atoms with Crippen LogP contribution in [0.1, 0.15) is 0 Å². The van der Waals surface area contributed by atoms with Crippen LogP contribution in [0.3, 0.4) is 0 Å². The van der Waals surface area contributed by atoms with Gasteiger partial charge in [-0.25, -0.2) is 4.98 Å².